The number of nitrogens with zero attached hydrogens (tertiary/aromatic N) is 3. The van der Waals surface area contributed by atoms with Crippen molar-refractivity contribution in [2.75, 3.05) is 26.7 Å². The quantitative estimate of drug-likeness (QED) is 0.156. The van der Waals surface area contributed by atoms with E-state index in [9.17, 15) is 28.8 Å². The largest absolute Gasteiger partial charge is 0.479 e. The number of amides is 1. The van der Waals surface area contributed by atoms with Crippen LogP contribution < -0.4 is 0 Å². The lowest BCUT2D eigenvalue weighted by atomic mass is 9.79. The van der Waals surface area contributed by atoms with Gasteiger partial charge in [0.15, 0.2) is 24.4 Å². The van der Waals surface area contributed by atoms with E-state index in [1.54, 1.807) is 11.5 Å². The third kappa shape index (κ3) is 8.78. The fourth-order valence-corrected chi connectivity index (χ4v) is 5.28. The van der Waals surface area contributed by atoms with Crippen LogP contribution in [0.3, 0.4) is 0 Å². The number of carbonyl (C=O) groups excluding carboxylic acids is 2. The van der Waals surface area contributed by atoms with Gasteiger partial charge in [-0.15, -0.1) is 0 Å². The number of aromatic nitrogens is 1. The molecule has 2 aliphatic rings. The second-order valence-corrected chi connectivity index (χ2v) is 10.8. The second kappa shape index (κ2) is 16.2. The highest BCUT2D eigenvalue weighted by atomic mass is 16.4. The van der Waals surface area contributed by atoms with Crippen LogP contribution in [0.5, 0.6) is 0 Å². The molecule has 8 N–H and O–H groups in total. The highest BCUT2D eigenvalue weighted by Crippen LogP contribution is 2.41. The van der Waals surface area contributed by atoms with Gasteiger partial charge in [-0.3, -0.25) is 19.1 Å². The molecule has 17 nitrogen and oxygen atoms in total. The van der Waals surface area contributed by atoms with Crippen molar-refractivity contribution >= 4 is 52.2 Å². The summed E-state index contributed by atoms with van der Waals surface area (Å²) >= 11 is 0. The number of benzene rings is 1. The first-order chi connectivity index (χ1) is 21.9. The molecule has 17 heteroatoms. The zero-order valence-electron chi connectivity index (χ0n) is 26.0. The normalized spacial score (nSPS) is 19.2. The molecule has 0 saturated carbocycles. The van der Waals surface area contributed by atoms with Crippen LogP contribution in [-0.4, -0.2) is 148 Å². The van der Waals surface area contributed by atoms with E-state index in [1.807, 2.05) is 37.1 Å². The molecule has 4 rings (SSSR count). The Morgan fingerprint density at radius 3 is 1.70 bits per heavy atom. The summed E-state index contributed by atoms with van der Waals surface area (Å²) in [6.45, 7) is 7.88. The molecule has 2 heterocycles. The Kier molecular flexibility index (Phi) is 13.3. The van der Waals surface area contributed by atoms with Crippen LogP contribution in [-0.2, 0) is 30.4 Å². The number of rotatable bonds is 9. The van der Waals surface area contributed by atoms with Crippen molar-refractivity contribution in [3.8, 4) is 0 Å². The summed E-state index contributed by atoms with van der Waals surface area (Å²) in [5, 5.41) is 66.2. The van der Waals surface area contributed by atoms with Crippen molar-refractivity contribution in [2.45, 2.75) is 57.6 Å². The summed E-state index contributed by atoms with van der Waals surface area (Å²) in [5.74, 6) is -6.95. The number of hydrogen-bond donors (Lipinski definition) is 8. The minimum Gasteiger partial charge on any atom is -0.479 e. The molecule has 258 valence electrons. The van der Waals surface area contributed by atoms with Gasteiger partial charge in [0.05, 0.1) is 11.4 Å². The first-order valence-corrected chi connectivity index (χ1v) is 14.4. The smallest absolute Gasteiger partial charge is 0.335 e. The van der Waals surface area contributed by atoms with Crippen molar-refractivity contribution < 1.29 is 69.6 Å². The standard InChI is InChI=1S/C22H27N3O2.2C4H6O6/c1-5-24(6-2)22(27)16-10-18-17-8-7-9-19-21(17)15(13-25(19)14(3)26)11-20(18)23(4)12-16;2*5-1(3(7)8)2(6)4(9)10/h7-10,13,16,20H,5-6,11-12H2,1-4H3;2*1-2,5-6H,(H,7,8)(H,9,10)/t16-,20-;2*1-,2-/m111/s1. The van der Waals surface area contributed by atoms with Gasteiger partial charge in [0.2, 0.25) is 11.8 Å². The Morgan fingerprint density at radius 1 is 0.830 bits per heavy atom. The molecule has 0 spiro atoms. The van der Waals surface area contributed by atoms with Gasteiger partial charge in [-0.25, -0.2) is 19.2 Å². The summed E-state index contributed by atoms with van der Waals surface area (Å²) < 4.78 is 1.75. The Balaban J connectivity index is 0.000000318. The minimum atomic E-state index is -2.27. The Bertz CT molecular complexity index is 1470. The average Bonchev–Trinajstić information content (AvgIpc) is 3.40. The van der Waals surface area contributed by atoms with Crippen molar-refractivity contribution in [1.29, 1.82) is 0 Å². The Morgan fingerprint density at radius 2 is 1.30 bits per heavy atom. The number of carboxylic acids is 4. The van der Waals surface area contributed by atoms with Crippen molar-refractivity contribution in [3.63, 3.8) is 0 Å². The first kappa shape index (κ1) is 38.5. The second-order valence-electron chi connectivity index (χ2n) is 10.8. The van der Waals surface area contributed by atoms with Gasteiger partial charge in [-0.1, -0.05) is 18.2 Å². The predicted molar refractivity (Wildman–Crippen MR) is 162 cm³/mol. The molecule has 0 unspecified atom stereocenters. The monoisotopic (exact) mass is 665 g/mol. The molecular weight excluding hydrogens is 626 g/mol. The highest BCUT2D eigenvalue weighted by molar-refractivity contribution is 6.03. The van der Waals surface area contributed by atoms with Crippen molar-refractivity contribution in [2.24, 2.45) is 5.92 Å². The van der Waals surface area contributed by atoms with Gasteiger partial charge < -0.3 is 45.8 Å². The molecule has 1 amide bonds. The SMILES string of the molecule is CCN(CC)C(=O)[C@@H]1C=C2c3cccc4c3c(cn4C(C)=O)C[C@H]2N(C)C1.O=C(O)[C@H](O)[C@@H](O)C(=O)O.O=C(O)[C@H](O)[C@@H](O)C(=O)O. The zero-order valence-corrected chi connectivity index (χ0v) is 26.0. The van der Waals surface area contributed by atoms with E-state index < -0.39 is 48.3 Å². The van der Waals surface area contributed by atoms with Crippen molar-refractivity contribution in [1.82, 2.24) is 14.4 Å². The number of aliphatic carboxylic acids is 4. The number of hydrogen-bond acceptors (Lipinski definition) is 11. The van der Waals surface area contributed by atoms with E-state index in [-0.39, 0.29) is 23.8 Å². The van der Waals surface area contributed by atoms with Crippen LogP contribution in [0.4, 0.5) is 0 Å². The lowest BCUT2D eigenvalue weighted by molar-refractivity contribution is -0.165. The number of carboxylic acid groups (broad SMARTS) is 4. The van der Waals surface area contributed by atoms with Crippen LogP contribution in [0, 0.1) is 5.92 Å². The van der Waals surface area contributed by atoms with Gasteiger partial charge >= 0.3 is 23.9 Å². The molecule has 0 radical (unpaired) electrons. The van der Waals surface area contributed by atoms with Crippen LogP contribution >= 0.6 is 0 Å². The predicted octanol–water partition coefficient (Wildman–Crippen LogP) is -1.21. The summed E-state index contributed by atoms with van der Waals surface area (Å²) in [5.41, 5.74) is 4.59. The van der Waals surface area contributed by atoms with E-state index in [4.69, 9.17) is 40.9 Å². The first-order valence-electron chi connectivity index (χ1n) is 14.4. The van der Waals surface area contributed by atoms with Crippen LogP contribution in [0.2, 0.25) is 0 Å². The zero-order chi connectivity index (χ0) is 35.9. The summed E-state index contributed by atoms with van der Waals surface area (Å²) in [6, 6.07) is 6.41. The minimum absolute atomic E-state index is 0.0326. The molecule has 2 aromatic rings. The molecule has 6 atom stereocenters. The van der Waals surface area contributed by atoms with E-state index in [0.717, 1.165) is 31.6 Å². The lowest BCUT2D eigenvalue weighted by Gasteiger charge is -2.40. The summed E-state index contributed by atoms with van der Waals surface area (Å²) in [6.07, 6.45) is -4.00. The maximum absolute atomic E-state index is 13.0. The van der Waals surface area contributed by atoms with Crippen LogP contribution in [0.1, 0.15) is 36.7 Å². The molecule has 1 aliphatic heterocycles. The third-order valence-electron chi connectivity index (χ3n) is 7.73. The fraction of sp³-hybridized carbons (Fsp3) is 0.467. The third-order valence-corrected chi connectivity index (χ3v) is 7.73. The maximum Gasteiger partial charge on any atom is 0.335 e. The fourth-order valence-electron chi connectivity index (χ4n) is 5.28. The number of aliphatic hydroxyl groups is 4. The van der Waals surface area contributed by atoms with Gasteiger partial charge in [-0.05, 0) is 50.1 Å². The number of aliphatic hydroxyl groups excluding tert-OH is 4. The molecule has 0 saturated heterocycles. The summed E-state index contributed by atoms with van der Waals surface area (Å²) in [4.78, 5) is 68.3. The van der Waals surface area contributed by atoms with Gasteiger partial charge in [0, 0.05) is 44.2 Å². The molecule has 1 aliphatic carbocycles. The highest BCUT2D eigenvalue weighted by Gasteiger charge is 2.37. The molecular formula is C30H39N3O14. The topological polar surface area (TPSA) is 276 Å². The number of carbonyl (C=O) groups is 6. The van der Waals surface area contributed by atoms with E-state index in [2.05, 4.69) is 24.1 Å². The maximum atomic E-state index is 13.0. The van der Waals surface area contributed by atoms with E-state index in [0.29, 0.717) is 0 Å². The Hall–Kier alpha value is -4.68. The Labute approximate surface area is 268 Å². The lowest BCUT2D eigenvalue weighted by Crippen LogP contribution is -2.47. The molecule has 0 fully saturated rings. The number of fused-ring (bicyclic) bond motifs is 2. The van der Waals surface area contributed by atoms with Crippen molar-refractivity contribution in [3.05, 3.63) is 41.6 Å². The summed E-state index contributed by atoms with van der Waals surface area (Å²) in [7, 11) is 2.10. The van der Waals surface area contributed by atoms with Gasteiger partial charge in [0.25, 0.3) is 0 Å². The molecule has 47 heavy (non-hydrogen) atoms. The molecule has 0 bridgehead atoms. The van der Waals surface area contributed by atoms with Gasteiger partial charge in [-0.2, -0.15) is 0 Å². The van der Waals surface area contributed by atoms with E-state index >= 15 is 0 Å². The van der Waals surface area contributed by atoms with Gasteiger partial charge in [0.1, 0.15) is 0 Å². The average molecular weight is 666 g/mol. The van der Waals surface area contributed by atoms with Crippen LogP contribution in [0.25, 0.3) is 16.5 Å². The number of likely N-dealkylation sites (N-methyl/N-ethyl adjacent to an activating group) is 1. The molecule has 1 aromatic carbocycles. The molecule has 1 aromatic heterocycles. The van der Waals surface area contributed by atoms with E-state index in [1.165, 1.54) is 22.1 Å². The van der Waals surface area contributed by atoms with Crippen LogP contribution in [0.15, 0.2) is 30.5 Å².